The van der Waals surface area contributed by atoms with Crippen LogP contribution in [0, 0.1) is 11.3 Å². The van der Waals surface area contributed by atoms with Gasteiger partial charge in [0.25, 0.3) is 0 Å². The number of carbonyl (C=O) groups is 1. The second kappa shape index (κ2) is 3.77. The van der Waals surface area contributed by atoms with Gasteiger partial charge in [-0.15, -0.1) is 0 Å². The Kier molecular flexibility index (Phi) is 2.93. The SMILES string of the molecule is N#CC1(OC(=O)Cl)CCCCC1. The maximum atomic E-state index is 10.5. The van der Waals surface area contributed by atoms with E-state index in [1.807, 2.05) is 6.07 Å². The molecule has 0 aromatic heterocycles. The van der Waals surface area contributed by atoms with E-state index in [1.54, 1.807) is 0 Å². The molecule has 0 aromatic rings. The fourth-order valence-electron chi connectivity index (χ4n) is 1.51. The number of halogens is 1. The molecular formula is C8H10ClNO2. The lowest BCUT2D eigenvalue weighted by Gasteiger charge is -2.28. The number of carbonyl (C=O) groups excluding carboxylic acids is 1. The van der Waals surface area contributed by atoms with Crippen molar-refractivity contribution in [2.45, 2.75) is 37.7 Å². The van der Waals surface area contributed by atoms with Crippen LogP contribution in [0.2, 0.25) is 0 Å². The van der Waals surface area contributed by atoms with Crippen molar-refractivity contribution in [1.82, 2.24) is 0 Å². The predicted octanol–water partition coefficient (Wildman–Crippen LogP) is 2.59. The van der Waals surface area contributed by atoms with Crippen LogP contribution in [0.5, 0.6) is 0 Å². The van der Waals surface area contributed by atoms with Gasteiger partial charge < -0.3 is 4.74 Å². The van der Waals surface area contributed by atoms with Crippen LogP contribution in [0.3, 0.4) is 0 Å². The van der Waals surface area contributed by atoms with Gasteiger partial charge in [0.05, 0.1) is 0 Å². The van der Waals surface area contributed by atoms with Crippen molar-refractivity contribution in [3.63, 3.8) is 0 Å². The molecule has 0 unspecified atom stereocenters. The summed E-state index contributed by atoms with van der Waals surface area (Å²) in [6.07, 6.45) is 4.18. The van der Waals surface area contributed by atoms with Gasteiger partial charge in [-0.1, -0.05) is 6.42 Å². The van der Waals surface area contributed by atoms with Crippen LogP contribution in [0.15, 0.2) is 0 Å². The van der Waals surface area contributed by atoms with E-state index in [9.17, 15) is 4.79 Å². The minimum absolute atomic E-state index is 0.613. The number of hydrogen-bond acceptors (Lipinski definition) is 3. The van der Waals surface area contributed by atoms with Gasteiger partial charge in [-0.05, 0) is 12.8 Å². The summed E-state index contributed by atoms with van der Waals surface area (Å²) in [7, 11) is 0. The fourth-order valence-corrected chi connectivity index (χ4v) is 1.66. The summed E-state index contributed by atoms with van der Waals surface area (Å²) in [5, 5.41) is 8.80. The zero-order valence-corrected chi connectivity index (χ0v) is 7.43. The third-order valence-corrected chi connectivity index (χ3v) is 2.22. The van der Waals surface area contributed by atoms with Crippen LogP contribution in [0.4, 0.5) is 4.79 Å². The van der Waals surface area contributed by atoms with Gasteiger partial charge in [-0.2, -0.15) is 5.26 Å². The van der Waals surface area contributed by atoms with Crippen LogP contribution in [-0.2, 0) is 4.74 Å². The lowest BCUT2D eigenvalue weighted by Crippen LogP contribution is -2.34. The molecule has 1 aliphatic rings. The third kappa shape index (κ3) is 2.12. The first-order chi connectivity index (χ1) is 5.68. The highest BCUT2D eigenvalue weighted by atomic mass is 35.5. The van der Waals surface area contributed by atoms with Gasteiger partial charge in [-0.25, -0.2) is 4.79 Å². The standard InChI is InChI=1S/C8H10ClNO2/c9-7(11)12-8(6-10)4-2-1-3-5-8/h1-5H2. The summed E-state index contributed by atoms with van der Waals surface area (Å²) >= 11 is 5.07. The Balaban J connectivity index is 2.61. The Morgan fingerprint density at radius 3 is 2.42 bits per heavy atom. The lowest BCUT2D eigenvalue weighted by molar-refractivity contribution is 0.0420. The summed E-state index contributed by atoms with van der Waals surface area (Å²) in [6, 6.07) is 2.02. The highest BCUT2D eigenvalue weighted by molar-refractivity contribution is 6.61. The highest BCUT2D eigenvalue weighted by Crippen LogP contribution is 2.31. The molecule has 1 saturated carbocycles. The molecule has 1 rings (SSSR count). The number of nitriles is 1. The molecule has 0 atom stereocenters. The molecule has 1 aliphatic carbocycles. The molecule has 12 heavy (non-hydrogen) atoms. The van der Waals surface area contributed by atoms with E-state index >= 15 is 0 Å². The zero-order chi connectivity index (χ0) is 9.03. The molecular weight excluding hydrogens is 178 g/mol. The number of nitrogens with zero attached hydrogens (tertiary/aromatic N) is 1. The number of hydrogen-bond donors (Lipinski definition) is 0. The average molecular weight is 188 g/mol. The van der Waals surface area contributed by atoms with Gasteiger partial charge in [0.15, 0.2) is 5.60 Å². The molecule has 0 aliphatic heterocycles. The Morgan fingerprint density at radius 1 is 1.42 bits per heavy atom. The second-order valence-corrected chi connectivity index (χ2v) is 3.32. The maximum Gasteiger partial charge on any atom is 0.405 e. The lowest BCUT2D eigenvalue weighted by atomic mass is 9.86. The van der Waals surface area contributed by atoms with Crippen molar-refractivity contribution in [2.75, 3.05) is 0 Å². The fraction of sp³-hybridized carbons (Fsp3) is 0.750. The van der Waals surface area contributed by atoms with Crippen molar-refractivity contribution >= 4 is 17.0 Å². The number of rotatable bonds is 1. The predicted molar refractivity (Wildman–Crippen MR) is 43.8 cm³/mol. The van der Waals surface area contributed by atoms with Crippen molar-refractivity contribution < 1.29 is 9.53 Å². The van der Waals surface area contributed by atoms with Crippen LogP contribution in [-0.4, -0.2) is 11.0 Å². The Labute approximate surface area is 76.3 Å². The van der Waals surface area contributed by atoms with Crippen LogP contribution in [0.1, 0.15) is 32.1 Å². The monoisotopic (exact) mass is 187 g/mol. The molecule has 66 valence electrons. The molecule has 0 heterocycles. The first-order valence-corrected chi connectivity index (χ1v) is 4.36. The van der Waals surface area contributed by atoms with Gasteiger partial charge >= 0.3 is 5.43 Å². The largest absolute Gasteiger partial charge is 0.432 e. The van der Waals surface area contributed by atoms with E-state index in [1.165, 1.54) is 0 Å². The second-order valence-electron chi connectivity index (χ2n) is 3.01. The molecule has 0 saturated heterocycles. The van der Waals surface area contributed by atoms with E-state index in [-0.39, 0.29) is 0 Å². The van der Waals surface area contributed by atoms with E-state index in [0.717, 1.165) is 19.3 Å². The first kappa shape index (κ1) is 9.34. The molecule has 0 radical (unpaired) electrons. The van der Waals surface area contributed by atoms with Gasteiger partial charge in [0.1, 0.15) is 6.07 Å². The van der Waals surface area contributed by atoms with Gasteiger partial charge in [0.2, 0.25) is 0 Å². The topological polar surface area (TPSA) is 50.1 Å². The zero-order valence-electron chi connectivity index (χ0n) is 6.68. The summed E-state index contributed by atoms with van der Waals surface area (Å²) < 4.78 is 4.79. The summed E-state index contributed by atoms with van der Waals surface area (Å²) in [5.41, 5.74) is -1.81. The molecule has 0 aromatic carbocycles. The molecule has 1 fully saturated rings. The highest BCUT2D eigenvalue weighted by Gasteiger charge is 2.35. The minimum Gasteiger partial charge on any atom is -0.432 e. The van der Waals surface area contributed by atoms with Gasteiger partial charge in [-0.3, -0.25) is 0 Å². The van der Waals surface area contributed by atoms with Crippen molar-refractivity contribution in [2.24, 2.45) is 0 Å². The van der Waals surface area contributed by atoms with E-state index in [2.05, 4.69) is 0 Å². The molecule has 0 amide bonds. The van der Waals surface area contributed by atoms with E-state index in [4.69, 9.17) is 21.6 Å². The summed E-state index contributed by atoms with van der Waals surface area (Å²) in [6.45, 7) is 0. The van der Waals surface area contributed by atoms with Crippen LogP contribution >= 0.6 is 11.6 Å². The average Bonchev–Trinajstić information content (AvgIpc) is 2.05. The van der Waals surface area contributed by atoms with Crippen molar-refractivity contribution in [3.05, 3.63) is 0 Å². The third-order valence-electron chi connectivity index (χ3n) is 2.14. The van der Waals surface area contributed by atoms with Crippen LogP contribution < -0.4 is 0 Å². The Morgan fingerprint density at radius 2 is 2.00 bits per heavy atom. The van der Waals surface area contributed by atoms with Crippen molar-refractivity contribution in [3.8, 4) is 6.07 Å². The molecule has 0 spiro atoms. The Bertz CT molecular complexity index is 216. The van der Waals surface area contributed by atoms with Gasteiger partial charge in [0, 0.05) is 24.4 Å². The maximum absolute atomic E-state index is 10.5. The summed E-state index contributed by atoms with van der Waals surface area (Å²) in [5.74, 6) is 0. The van der Waals surface area contributed by atoms with E-state index in [0.29, 0.717) is 12.8 Å². The summed E-state index contributed by atoms with van der Waals surface area (Å²) in [4.78, 5) is 10.5. The molecule has 0 bridgehead atoms. The molecule has 4 heteroatoms. The quantitative estimate of drug-likeness (QED) is 0.593. The molecule has 0 N–H and O–H groups in total. The smallest absolute Gasteiger partial charge is 0.405 e. The normalized spacial score (nSPS) is 21.0. The molecule has 3 nitrogen and oxygen atoms in total. The Hall–Kier alpha value is -0.750. The van der Waals surface area contributed by atoms with E-state index < -0.39 is 11.0 Å². The van der Waals surface area contributed by atoms with Crippen molar-refractivity contribution in [1.29, 1.82) is 5.26 Å². The number of ether oxygens (including phenoxy) is 1. The van der Waals surface area contributed by atoms with Crippen LogP contribution in [0.25, 0.3) is 0 Å². The first-order valence-electron chi connectivity index (χ1n) is 3.98. The minimum atomic E-state index is -0.933.